The van der Waals surface area contributed by atoms with E-state index in [4.69, 9.17) is 5.11 Å². The number of amides is 2. The summed E-state index contributed by atoms with van der Waals surface area (Å²) in [6, 6.07) is 6.17. The lowest BCUT2D eigenvalue weighted by Gasteiger charge is -2.33. The molecule has 0 radical (unpaired) electrons. The van der Waals surface area contributed by atoms with Gasteiger partial charge in [0.1, 0.15) is 6.61 Å². The fourth-order valence-corrected chi connectivity index (χ4v) is 2.66. The van der Waals surface area contributed by atoms with Crippen molar-refractivity contribution in [2.24, 2.45) is 0 Å². The van der Waals surface area contributed by atoms with Crippen molar-refractivity contribution >= 4 is 17.9 Å². The topological polar surface area (TPSA) is 60.9 Å². The van der Waals surface area contributed by atoms with Crippen LogP contribution in [0.2, 0.25) is 0 Å². The van der Waals surface area contributed by atoms with Gasteiger partial charge in [-0.1, -0.05) is 29.3 Å². The highest BCUT2D eigenvalue weighted by atomic mass is 16.3. The maximum absolute atomic E-state index is 12.2. The molecule has 118 valence electrons. The highest BCUT2D eigenvalue weighted by Crippen LogP contribution is 2.11. The summed E-state index contributed by atoms with van der Waals surface area (Å²) < 4.78 is 0. The molecule has 0 unspecified atom stereocenters. The zero-order valence-electron chi connectivity index (χ0n) is 13.1. The Morgan fingerprint density at radius 1 is 1.05 bits per heavy atom. The molecule has 1 heterocycles. The molecule has 1 aromatic carbocycles. The molecule has 0 aliphatic carbocycles. The van der Waals surface area contributed by atoms with E-state index in [1.165, 1.54) is 11.1 Å². The molecule has 2 rings (SSSR count). The molecule has 1 aliphatic heterocycles. The first-order valence-corrected chi connectivity index (χ1v) is 7.43. The standard InChI is InChI=1S/C17H22N2O3/c1-13-9-14(2)11-15(10-13)3-4-16(21)18-5-7-19(8-6-18)17(22)12-20/h3-4,9-11,20H,5-8,12H2,1-2H3/b4-3+. The second kappa shape index (κ2) is 7.22. The van der Waals surface area contributed by atoms with Crippen LogP contribution in [0.3, 0.4) is 0 Å². The summed E-state index contributed by atoms with van der Waals surface area (Å²) in [7, 11) is 0. The molecule has 0 bridgehead atoms. The minimum absolute atomic E-state index is 0.0461. The van der Waals surface area contributed by atoms with Gasteiger partial charge in [-0.3, -0.25) is 9.59 Å². The highest BCUT2D eigenvalue weighted by Gasteiger charge is 2.22. The van der Waals surface area contributed by atoms with Crippen molar-refractivity contribution in [3.05, 3.63) is 41.0 Å². The average molecular weight is 302 g/mol. The normalized spacial score (nSPS) is 15.4. The van der Waals surface area contributed by atoms with Gasteiger partial charge in [0.05, 0.1) is 0 Å². The molecule has 1 fully saturated rings. The zero-order chi connectivity index (χ0) is 16.1. The van der Waals surface area contributed by atoms with Gasteiger partial charge in [-0.15, -0.1) is 0 Å². The van der Waals surface area contributed by atoms with Gasteiger partial charge in [-0.05, 0) is 25.5 Å². The molecule has 1 saturated heterocycles. The lowest BCUT2D eigenvalue weighted by atomic mass is 10.1. The molecule has 0 spiro atoms. The van der Waals surface area contributed by atoms with Gasteiger partial charge in [0.25, 0.3) is 0 Å². The van der Waals surface area contributed by atoms with Crippen molar-refractivity contribution in [3.63, 3.8) is 0 Å². The van der Waals surface area contributed by atoms with Crippen molar-refractivity contribution in [2.75, 3.05) is 32.8 Å². The first-order chi connectivity index (χ1) is 10.5. The van der Waals surface area contributed by atoms with Crippen LogP contribution in [0.25, 0.3) is 6.08 Å². The Kier molecular flexibility index (Phi) is 5.33. The number of hydrogen-bond donors (Lipinski definition) is 1. The number of aryl methyl sites for hydroxylation is 2. The van der Waals surface area contributed by atoms with Crippen molar-refractivity contribution in [3.8, 4) is 0 Å². The number of carbonyl (C=O) groups excluding carboxylic acids is 2. The Bertz CT molecular complexity index is 567. The molecule has 1 N–H and O–H groups in total. The minimum Gasteiger partial charge on any atom is -0.387 e. The Morgan fingerprint density at radius 3 is 2.14 bits per heavy atom. The Balaban J connectivity index is 1.93. The van der Waals surface area contributed by atoms with Crippen LogP contribution in [0.15, 0.2) is 24.3 Å². The van der Waals surface area contributed by atoms with E-state index >= 15 is 0 Å². The predicted molar refractivity (Wildman–Crippen MR) is 85.2 cm³/mol. The predicted octanol–water partition coefficient (Wildman–Crippen LogP) is 0.980. The SMILES string of the molecule is Cc1cc(C)cc(/C=C/C(=O)N2CCN(C(=O)CO)CC2)c1. The van der Waals surface area contributed by atoms with Gasteiger partial charge in [-0.2, -0.15) is 0 Å². The highest BCUT2D eigenvalue weighted by molar-refractivity contribution is 5.92. The molecule has 1 aromatic rings. The second-order valence-electron chi connectivity index (χ2n) is 5.62. The molecular weight excluding hydrogens is 280 g/mol. The van der Waals surface area contributed by atoms with E-state index in [9.17, 15) is 9.59 Å². The summed E-state index contributed by atoms with van der Waals surface area (Å²) in [5, 5.41) is 8.83. The zero-order valence-corrected chi connectivity index (χ0v) is 13.1. The monoisotopic (exact) mass is 302 g/mol. The van der Waals surface area contributed by atoms with E-state index in [1.807, 2.05) is 32.1 Å². The Hall–Kier alpha value is -2.14. The number of benzene rings is 1. The van der Waals surface area contributed by atoms with E-state index in [2.05, 4.69) is 6.07 Å². The van der Waals surface area contributed by atoms with E-state index in [1.54, 1.807) is 15.9 Å². The average Bonchev–Trinajstić information content (AvgIpc) is 2.51. The third kappa shape index (κ3) is 4.18. The Labute approximate surface area is 130 Å². The number of nitrogens with zero attached hydrogens (tertiary/aromatic N) is 2. The number of aliphatic hydroxyl groups excluding tert-OH is 1. The van der Waals surface area contributed by atoms with Crippen LogP contribution >= 0.6 is 0 Å². The van der Waals surface area contributed by atoms with Crippen LogP contribution in [-0.2, 0) is 9.59 Å². The Morgan fingerprint density at radius 2 is 1.59 bits per heavy atom. The quantitative estimate of drug-likeness (QED) is 0.847. The smallest absolute Gasteiger partial charge is 0.248 e. The van der Waals surface area contributed by atoms with Crippen LogP contribution < -0.4 is 0 Å². The van der Waals surface area contributed by atoms with Gasteiger partial charge in [0.2, 0.25) is 11.8 Å². The maximum atomic E-state index is 12.2. The molecule has 5 nitrogen and oxygen atoms in total. The molecule has 0 saturated carbocycles. The summed E-state index contributed by atoms with van der Waals surface area (Å²) in [4.78, 5) is 26.9. The summed E-state index contributed by atoms with van der Waals surface area (Å²) >= 11 is 0. The molecule has 0 aromatic heterocycles. The first-order valence-electron chi connectivity index (χ1n) is 7.43. The molecule has 1 aliphatic rings. The number of carbonyl (C=O) groups is 2. The summed E-state index contributed by atoms with van der Waals surface area (Å²) in [5.74, 6) is -0.326. The number of rotatable bonds is 3. The molecular formula is C17H22N2O3. The van der Waals surface area contributed by atoms with E-state index in [0.29, 0.717) is 26.2 Å². The van der Waals surface area contributed by atoms with Crippen molar-refractivity contribution in [2.45, 2.75) is 13.8 Å². The molecule has 2 amide bonds. The first kappa shape index (κ1) is 16.2. The number of aliphatic hydroxyl groups is 1. The van der Waals surface area contributed by atoms with E-state index in [0.717, 1.165) is 5.56 Å². The summed E-state index contributed by atoms with van der Waals surface area (Å²) in [6.07, 6.45) is 3.41. The fraction of sp³-hybridized carbons (Fsp3) is 0.412. The molecule has 0 atom stereocenters. The van der Waals surface area contributed by atoms with Crippen molar-refractivity contribution < 1.29 is 14.7 Å². The van der Waals surface area contributed by atoms with E-state index in [-0.39, 0.29) is 11.8 Å². The van der Waals surface area contributed by atoms with Gasteiger partial charge in [0, 0.05) is 32.3 Å². The van der Waals surface area contributed by atoms with Crippen LogP contribution in [0.5, 0.6) is 0 Å². The lowest BCUT2D eigenvalue weighted by Crippen LogP contribution is -2.50. The van der Waals surface area contributed by atoms with Crippen LogP contribution in [-0.4, -0.2) is 59.5 Å². The number of hydrogen-bond acceptors (Lipinski definition) is 3. The lowest BCUT2D eigenvalue weighted by molar-refractivity contribution is -0.139. The molecule has 22 heavy (non-hydrogen) atoms. The fourth-order valence-electron chi connectivity index (χ4n) is 2.66. The third-order valence-electron chi connectivity index (χ3n) is 3.74. The van der Waals surface area contributed by atoms with Gasteiger partial charge in [-0.25, -0.2) is 0 Å². The van der Waals surface area contributed by atoms with Crippen molar-refractivity contribution in [1.82, 2.24) is 9.80 Å². The largest absolute Gasteiger partial charge is 0.387 e. The third-order valence-corrected chi connectivity index (χ3v) is 3.74. The van der Waals surface area contributed by atoms with Crippen molar-refractivity contribution in [1.29, 1.82) is 0 Å². The van der Waals surface area contributed by atoms with Gasteiger partial charge in [0.15, 0.2) is 0 Å². The number of piperazine rings is 1. The van der Waals surface area contributed by atoms with Crippen LogP contribution in [0, 0.1) is 13.8 Å². The molecule has 5 heteroatoms. The summed E-state index contributed by atoms with van der Waals surface area (Å²) in [5.41, 5.74) is 3.35. The minimum atomic E-state index is -0.472. The summed E-state index contributed by atoms with van der Waals surface area (Å²) in [6.45, 7) is 5.54. The van der Waals surface area contributed by atoms with Crippen LogP contribution in [0.4, 0.5) is 0 Å². The van der Waals surface area contributed by atoms with Gasteiger partial charge < -0.3 is 14.9 Å². The van der Waals surface area contributed by atoms with E-state index < -0.39 is 6.61 Å². The van der Waals surface area contributed by atoms with Gasteiger partial charge >= 0.3 is 0 Å². The second-order valence-corrected chi connectivity index (χ2v) is 5.62. The van der Waals surface area contributed by atoms with Crippen LogP contribution in [0.1, 0.15) is 16.7 Å². The maximum Gasteiger partial charge on any atom is 0.248 e.